The molecular formula is C26H38N2O3Si2. The molecule has 7 heteroatoms. The smallest absolute Gasteiger partial charge is 0.250 e. The fraction of sp³-hybridized carbons (Fsp3) is 0.462. The monoisotopic (exact) mass is 482 g/mol. The van der Waals surface area contributed by atoms with E-state index in [4.69, 9.17) is 14.0 Å². The third kappa shape index (κ3) is 5.09. The van der Waals surface area contributed by atoms with Crippen LogP contribution < -0.4 is 8.85 Å². The van der Waals surface area contributed by atoms with Gasteiger partial charge in [0.15, 0.2) is 6.29 Å². The van der Waals surface area contributed by atoms with Crippen molar-refractivity contribution >= 4 is 33.8 Å². The van der Waals surface area contributed by atoms with E-state index in [0.29, 0.717) is 5.69 Å². The van der Waals surface area contributed by atoms with E-state index in [9.17, 15) is 4.79 Å². The van der Waals surface area contributed by atoms with Crippen molar-refractivity contribution in [1.29, 1.82) is 0 Å². The highest BCUT2D eigenvalue weighted by Gasteiger charge is 2.39. The first-order valence-corrected chi connectivity index (χ1v) is 17.3. The van der Waals surface area contributed by atoms with E-state index in [0.717, 1.165) is 34.4 Å². The van der Waals surface area contributed by atoms with Gasteiger partial charge in [-0.2, -0.15) is 5.10 Å². The molecule has 0 aliphatic rings. The Labute approximate surface area is 200 Å². The highest BCUT2D eigenvalue weighted by Crippen LogP contribution is 2.39. The van der Waals surface area contributed by atoms with E-state index in [2.05, 4.69) is 67.7 Å². The minimum atomic E-state index is -1.98. The molecule has 0 N–H and O–H groups in total. The van der Waals surface area contributed by atoms with E-state index in [1.807, 2.05) is 42.5 Å². The van der Waals surface area contributed by atoms with Crippen molar-refractivity contribution in [3.05, 3.63) is 48.2 Å². The van der Waals surface area contributed by atoms with Crippen LogP contribution in [0.15, 0.2) is 42.5 Å². The topological polar surface area (TPSA) is 53.4 Å². The first kappa shape index (κ1) is 25.2. The summed E-state index contributed by atoms with van der Waals surface area (Å²) < 4.78 is 14.5. The Morgan fingerprint density at radius 2 is 1.27 bits per heavy atom. The molecule has 0 amide bonds. The lowest BCUT2D eigenvalue weighted by atomic mass is 10.2. The van der Waals surface area contributed by atoms with Crippen molar-refractivity contribution in [2.45, 2.75) is 77.8 Å². The van der Waals surface area contributed by atoms with Gasteiger partial charge in [0, 0.05) is 5.39 Å². The quantitative estimate of drug-likeness (QED) is 0.268. The minimum Gasteiger partial charge on any atom is -0.544 e. The number of hydrogen-bond acceptors (Lipinski definition) is 4. The molecule has 0 atom stereocenters. The van der Waals surface area contributed by atoms with Gasteiger partial charge < -0.3 is 8.85 Å². The Kier molecular flexibility index (Phi) is 6.45. The molecule has 3 aromatic rings. The zero-order valence-electron chi connectivity index (χ0n) is 21.7. The molecule has 33 heavy (non-hydrogen) atoms. The maximum atomic E-state index is 12.1. The van der Waals surface area contributed by atoms with Gasteiger partial charge in [-0.25, -0.2) is 4.68 Å². The average Bonchev–Trinajstić information content (AvgIpc) is 3.04. The third-order valence-corrected chi connectivity index (χ3v) is 15.9. The van der Waals surface area contributed by atoms with Gasteiger partial charge in [0.05, 0.1) is 11.2 Å². The zero-order chi connectivity index (χ0) is 24.8. The number of rotatable bonds is 6. The van der Waals surface area contributed by atoms with Crippen LogP contribution in [-0.2, 0) is 0 Å². The Hall–Kier alpha value is -2.39. The molecule has 0 saturated heterocycles. The predicted molar refractivity (Wildman–Crippen MR) is 142 cm³/mol. The highest BCUT2D eigenvalue weighted by molar-refractivity contribution is 6.75. The molecule has 0 unspecified atom stereocenters. The van der Waals surface area contributed by atoms with Gasteiger partial charge in [-0.1, -0.05) is 41.5 Å². The second-order valence-corrected chi connectivity index (χ2v) is 21.3. The van der Waals surface area contributed by atoms with Crippen LogP contribution in [0.25, 0.3) is 16.6 Å². The number of carbonyl (C=O) groups is 1. The molecule has 0 fully saturated rings. The lowest BCUT2D eigenvalue weighted by molar-refractivity contribution is 0.111. The summed E-state index contributed by atoms with van der Waals surface area (Å²) in [7, 11) is -3.90. The normalized spacial score (nSPS) is 13.3. The molecule has 0 aliphatic carbocycles. The van der Waals surface area contributed by atoms with Crippen molar-refractivity contribution < 1.29 is 13.6 Å². The number of fused-ring (bicyclic) bond motifs is 1. The standard InChI is InChI=1S/C26H38N2O3Si2/c1-25(2,3)32(7,8)30-20-13-11-19(12-14-20)28-24(18-29)22-17-21(15-16-23(22)27-28)31-33(9,10)26(4,5)6/h11-18H,1-10H3. The van der Waals surface area contributed by atoms with Gasteiger partial charge >= 0.3 is 0 Å². The largest absolute Gasteiger partial charge is 0.544 e. The van der Waals surface area contributed by atoms with Crippen LogP contribution in [0.3, 0.4) is 0 Å². The maximum absolute atomic E-state index is 12.1. The zero-order valence-corrected chi connectivity index (χ0v) is 23.7. The second kappa shape index (κ2) is 8.44. The lowest BCUT2D eigenvalue weighted by Crippen LogP contribution is -2.43. The van der Waals surface area contributed by atoms with Gasteiger partial charge in [0.2, 0.25) is 16.6 Å². The SMILES string of the molecule is CC(C)(C)[Si](C)(C)Oc1ccc(-n2nc3ccc(O[Si](C)(C)C(C)(C)C)cc3c2C=O)cc1. The van der Waals surface area contributed by atoms with Crippen molar-refractivity contribution in [3.8, 4) is 17.2 Å². The van der Waals surface area contributed by atoms with E-state index >= 15 is 0 Å². The molecular weight excluding hydrogens is 444 g/mol. The highest BCUT2D eigenvalue weighted by atomic mass is 28.4. The molecule has 5 nitrogen and oxygen atoms in total. The summed E-state index contributed by atoms with van der Waals surface area (Å²) in [5.74, 6) is 1.63. The van der Waals surface area contributed by atoms with E-state index in [-0.39, 0.29) is 10.1 Å². The first-order chi connectivity index (χ1) is 15.1. The summed E-state index contributed by atoms with van der Waals surface area (Å²) in [4.78, 5) is 12.1. The molecule has 2 aromatic carbocycles. The molecule has 0 saturated carbocycles. The van der Waals surface area contributed by atoms with Crippen LogP contribution in [0, 0.1) is 0 Å². The van der Waals surface area contributed by atoms with Crippen molar-refractivity contribution in [3.63, 3.8) is 0 Å². The minimum absolute atomic E-state index is 0.0911. The molecule has 0 aliphatic heterocycles. The molecule has 0 radical (unpaired) electrons. The Bertz CT molecular complexity index is 1150. The number of hydrogen-bond donors (Lipinski definition) is 0. The Morgan fingerprint density at radius 1 is 0.788 bits per heavy atom. The van der Waals surface area contributed by atoms with Gasteiger partial charge in [-0.05, 0) is 78.7 Å². The fourth-order valence-corrected chi connectivity index (χ4v) is 5.06. The summed E-state index contributed by atoms with van der Waals surface area (Å²) >= 11 is 0. The summed E-state index contributed by atoms with van der Waals surface area (Å²) in [5.41, 5.74) is 2.10. The summed E-state index contributed by atoms with van der Waals surface area (Å²) in [6.07, 6.45) is 0.867. The van der Waals surface area contributed by atoms with E-state index in [1.165, 1.54) is 0 Å². The third-order valence-electron chi connectivity index (χ3n) is 7.23. The molecule has 0 bridgehead atoms. The molecule has 178 valence electrons. The molecule has 3 rings (SSSR count). The maximum Gasteiger partial charge on any atom is 0.250 e. The molecule has 0 spiro atoms. The fourth-order valence-electron chi connectivity index (χ4n) is 3.01. The van der Waals surface area contributed by atoms with E-state index in [1.54, 1.807) is 4.68 Å². The van der Waals surface area contributed by atoms with E-state index < -0.39 is 16.6 Å². The van der Waals surface area contributed by atoms with Crippen molar-refractivity contribution in [1.82, 2.24) is 9.78 Å². The van der Waals surface area contributed by atoms with Crippen LogP contribution in [0.5, 0.6) is 11.5 Å². The first-order valence-electron chi connectivity index (χ1n) is 11.5. The molecule has 1 heterocycles. The molecule has 1 aromatic heterocycles. The summed E-state index contributed by atoms with van der Waals surface area (Å²) in [5, 5.41) is 5.70. The van der Waals surface area contributed by atoms with Crippen LogP contribution >= 0.6 is 0 Å². The van der Waals surface area contributed by atoms with Crippen LogP contribution in [0.2, 0.25) is 36.3 Å². The van der Waals surface area contributed by atoms with Gasteiger partial charge in [-0.15, -0.1) is 0 Å². The van der Waals surface area contributed by atoms with Crippen LogP contribution in [0.1, 0.15) is 52.0 Å². The number of aldehydes is 1. The van der Waals surface area contributed by atoms with Gasteiger partial charge in [0.1, 0.15) is 17.2 Å². The predicted octanol–water partition coefficient (Wildman–Crippen LogP) is 7.61. The lowest BCUT2D eigenvalue weighted by Gasteiger charge is -2.36. The number of aromatic nitrogens is 2. The Balaban J connectivity index is 1.95. The van der Waals surface area contributed by atoms with Gasteiger partial charge in [-0.3, -0.25) is 4.79 Å². The number of nitrogens with zero attached hydrogens (tertiary/aromatic N) is 2. The van der Waals surface area contributed by atoms with Gasteiger partial charge in [0.25, 0.3) is 0 Å². The van der Waals surface area contributed by atoms with Crippen molar-refractivity contribution in [2.24, 2.45) is 0 Å². The second-order valence-electron chi connectivity index (χ2n) is 11.8. The Morgan fingerprint density at radius 3 is 1.76 bits per heavy atom. The summed E-state index contributed by atoms with van der Waals surface area (Å²) in [6.45, 7) is 22.2. The number of carbonyl (C=O) groups excluding carboxylic acids is 1. The number of benzene rings is 2. The summed E-state index contributed by atoms with van der Waals surface area (Å²) in [6, 6.07) is 13.6. The van der Waals surface area contributed by atoms with Crippen LogP contribution in [0.4, 0.5) is 0 Å². The van der Waals surface area contributed by atoms with Crippen LogP contribution in [-0.4, -0.2) is 32.7 Å². The van der Waals surface area contributed by atoms with Crippen molar-refractivity contribution in [2.75, 3.05) is 0 Å². The average molecular weight is 483 g/mol.